The Bertz CT molecular complexity index is 1290. The minimum atomic E-state index is -1.61. The molecule has 1 aliphatic heterocycles. The van der Waals surface area contributed by atoms with Gasteiger partial charge in [-0.05, 0) is 29.8 Å². The minimum Gasteiger partial charge on any atom is -0.502 e. The number of hydrogen-bond donors (Lipinski definition) is 6. The molecule has 5 atom stereocenters. The third-order valence-corrected chi connectivity index (χ3v) is 6.50. The summed E-state index contributed by atoms with van der Waals surface area (Å²) >= 11 is 0. The second kappa shape index (κ2) is 12.2. The van der Waals surface area contributed by atoms with E-state index in [9.17, 15) is 30.6 Å². The molecule has 0 radical (unpaired) electrons. The molecule has 0 spiro atoms. The van der Waals surface area contributed by atoms with Crippen molar-refractivity contribution in [1.29, 1.82) is 0 Å². The van der Waals surface area contributed by atoms with Crippen LogP contribution in [0, 0.1) is 0 Å². The van der Waals surface area contributed by atoms with Crippen LogP contribution in [0.2, 0.25) is 0 Å². The topological polar surface area (TPSA) is 181 Å². The fourth-order valence-corrected chi connectivity index (χ4v) is 4.45. The number of furan rings is 1. The number of phenolic OH excluding ortho intramolecular Hbond substituents is 1. The normalized spacial score (nSPS) is 23.4. The molecule has 6 N–H and O–H groups in total. The largest absolute Gasteiger partial charge is 0.502 e. The highest BCUT2D eigenvalue weighted by molar-refractivity contribution is 5.94. The molecule has 12 nitrogen and oxygen atoms in total. The molecule has 12 heteroatoms. The number of aliphatic hydroxyl groups excluding tert-OH is 5. The van der Waals surface area contributed by atoms with Gasteiger partial charge in [-0.1, -0.05) is 12.2 Å². The zero-order valence-corrected chi connectivity index (χ0v) is 21.6. The van der Waals surface area contributed by atoms with Gasteiger partial charge in [0, 0.05) is 16.5 Å². The van der Waals surface area contributed by atoms with Crippen LogP contribution in [0.5, 0.6) is 23.0 Å². The van der Waals surface area contributed by atoms with Crippen LogP contribution in [0.15, 0.2) is 34.8 Å². The SMILES string of the molecule is COc1cc(-c2oc3c(OC)cc(/C=C/CO)cc3c2CO[C@@H]2O[C@H](CO)[C@@H](O)[C@H](O)[C@H]2O)cc(OC)c1O. The van der Waals surface area contributed by atoms with Crippen molar-refractivity contribution in [3.8, 4) is 34.3 Å². The van der Waals surface area contributed by atoms with E-state index in [1.807, 2.05) is 0 Å². The van der Waals surface area contributed by atoms with Crippen LogP contribution < -0.4 is 14.2 Å². The Balaban J connectivity index is 1.85. The summed E-state index contributed by atoms with van der Waals surface area (Å²) in [7, 11) is 4.26. The lowest BCUT2D eigenvalue weighted by Gasteiger charge is -2.39. The zero-order chi connectivity index (χ0) is 28.3. The molecule has 0 amide bonds. The molecule has 2 heterocycles. The van der Waals surface area contributed by atoms with Gasteiger partial charge in [-0.15, -0.1) is 0 Å². The molecule has 0 unspecified atom stereocenters. The summed E-state index contributed by atoms with van der Waals surface area (Å²) in [5.74, 6) is 0.747. The van der Waals surface area contributed by atoms with Crippen LogP contribution >= 0.6 is 0 Å². The zero-order valence-electron chi connectivity index (χ0n) is 21.6. The standard InChI is InChI=1S/C27H32O12/c1-34-17-9-14(10-18(35-2)21(17)30)25-16(12-37-27-24(33)23(32)22(31)20(11-29)38-27)15-7-13(5-4-6-28)8-19(36-3)26(15)39-25/h4-5,7-10,20,22-24,27-33H,6,11-12H2,1-3H3/b5-4+/t20-,22-,23+,24-,27-/m1/s1. The highest BCUT2D eigenvalue weighted by Gasteiger charge is 2.44. The second-order valence-electron chi connectivity index (χ2n) is 8.83. The summed E-state index contributed by atoms with van der Waals surface area (Å²) in [4.78, 5) is 0. The van der Waals surface area contributed by atoms with Crippen LogP contribution in [0.4, 0.5) is 0 Å². The number of aliphatic hydroxyl groups is 5. The number of aromatic hydroxyl groups is 1. The van der Waals surface area contributed by atoms with E-state index in [1.165, 1.54) is 21.3 Å². The maximum Gasteiger partial charge on any atom is 0.200 e. The molecule has 0 saturated carbocycles. The van der Waals surface area contributed by atoms with Gasteiger partial charge in [0.05, 0.1) is 41.2 Å². The fraction of sp³-hybridized carbons (Fsp3) is 0.407. The molecule has 1 fully saturated rings. The van der Waals surface area contributed by atoms with Gasteiger partial charge in [-0.25, -0.2) is 0 Å². The monoisotopic (exact) mass is 548 g/mol. The summed E-state index contributed by atoms with van der Waals surface area (Å²) < 4.78 is 33.8. The van der Waals surface area contributed by atoms with Gasteiger partial charge in [0.25, 0.3) is 0 Å². The molecular formula is C27H32O12. The van der Waals surface area contributed by atoms with Crippen LogP contribution in [0.3, 0.4) is 0 Å². The number of benzene rings is 2. The van der Waals surface area contributed by atoms with Crippen LogP contribution in [0.1, 0.15) is 11.1 Å². The Labute approximate surface area is 223 Å². The maximum absolute atomic E-state index is 10.5. The van der Waals surface area contributed by atoms with Crippen molar-refractivity contribution in [2.75, 3.05) is 34.5 Å². The van der Waals surface area contributed by atoms with Gasteiger partial charge in [-0.3, -0.25) is 0 Å². The van der Waals surface area contributed by atoms with Crippen LogP contribution in [-0.4, -0.2) is 95.9 Å². The van der Waals surface area contributed by atoms with E-state index in [4.69, 9.17) is 28.1 Å². The van der Waals surface area contributed by atoms with E-state index in [-0.39, 0.29) is 30.5 Å². The molecule has 39 heavy (non-hydrogen) atoms. The summed E-state index contributed by atoms with van der Waals surface area (Å²) in [5.41, 5.74) is 2.00. The van der Waals surface area contributed by atoms with Gasteiger partial charge in [0.15, 0.2) is 29.1 Å². The molecule has 3 aromatic rings. The predicted octanol–water partition coefficient (Wildman–Crippen LogP) is 1.15. The van der Waals surface area contributed by atoms with E-state index in [0.717, 1.165) is 0 Å². The van der Waals surface area contributed by atoms with Crippen molar-refractivity contribution < 1.29 is 58.7 Å². The number of rotatable bonds is 10. The fourth-order valence-electron chi connectivity index (χ4n) is 4.45. The smallest absolute Gasteiger partial charge is 0.200 e. The lowest BCUT2D eigenvalue weighted by Crippen LogP contribution is -2.59. The van der Waals surface area contributed by atoms with Crippen LogP contribution in [-0.2, 0) is 16.1 Å². The molecule has 212 valence electrons. The Morgan fingerprint density at radius 2 is 1.54 bits per heavy atom. The van der Waals surface area contributed by atoms with Gasteiger partial charge in [-0.2, -0.15) is 0 Å². The maximum atomic E-state index is 10.5. The molecule has 1 saturated heterocycles. The van der Waals surface area contributed by atoms with Crippen molar-refractivity contribution in [2.45, 2.75) is 37.3 Å². The number of fused-ring (bicyclic) bond motifs is 1. The van der Waals surface area contributed by atoms with E-state index in [2.05, 4.69) is 0 Å². The van der Waals surface area contributed by atoms with E-state index in [0.29, 0.717) is 39.2 Å². The predicted molar refractivity (Wildman–Crippen MR) is 138 cm³/mol. The summed E-state index contributed by atoms with van der Waals surface area (Å²) in [6.07, 6.45) is -4.02. The summed E-state index contributed by atoms with van der Waals surface area (Å²) in [5, 5.41) is 60.5. The molecule has 2 aromatic carbocycles. The van der Waals surface area contributed by atoms with Crippen molar-refractivity contribution in [3.05, 3.63) is 41.5 Å². The Morgan fingerprint density at radius 3 is 2.13 bits per heavy atom. The van der Waals surface area contributed by atoms with Crippen molar-refractivity contribution in [3.63, 3.8) is 0 Å². The average Bonchev–Trinajstić information content (AvgIpc) is 3.32. The summed E-state index contributed by atoms with van der Waals surface area (Å²) in [6, 6.07) is 6.61. The van der Waals surface area contributed by atoms with E-state index >= 15 is 0 Å². The van der Waals surface area contributed by atoms with E-state index < -0.39 is 37.3 Å². The molecule has 1 aliphatic rings. The molecule has 1 aromatic heterocycles. The molecule has 0 bridgehead atoms. The first-order valence-corrected chi connectivity index (χ1v) is 12.1. The average molecular weight is 549 g/mol. The molecule has 0 aliphatic carbocycles. The minimum absolute atomic E-state index is 0.129. The number of hydrogen-bond acceptors (Lipinski definition) is 12. The highest BCUT2D eigenvalue weighted by atomic mass is 16.7. The van der Waals surface area contributed by atoms with Gasteiger partial charge < -0.3 is 58.7 Å². The van der Waals surface area contributed by atoms with Crippen LogP contribution in [0.25, 0.3) is 28.4 Å². The second-order valence-corrected chi connectivity index (χ2v) is 8.83. The number of phenols is 1. The first kappa shape index (κ1) is 28.6. The van der Waals surface area contributed by atoms with Gasteiger partial charge in [0.2, 0.25) is 5.75 Å². The van der Waals surface area contributed by atoms with Gasteiger partial charge >= 0.3 is 0 Å². The summed E-state index contributed by atoms with van der Waals surface area (Å²) in [6.45, 7) is -0.987. The van der Waals surface area contributed by atoms with Gasteiger partial charge in [0.1, 0.15) is 30.2 Å². The Kier molecular flexibility index (Phi) is 8.97. The Morgan fingerprint density at radius 1 is 0.872 bits per heavy atom. The third kappa shape index (κ3) is 5.54. The lowest BCUT2D eigenvalue weighted by molar-refractivity contribution is -0.304. The lowest BCUT2D eigenvalue weighted by atomic mass is 9.99. The number of ether oxygens (including phenoxy) is 5. The molecule has 4 rings (SSSR count). The third-order valence-electron chi connectivity index (χ3n) is 6.50. The first-order valence-electron chi connectivity index (χ1n) is 12.1. The highest BCUT2D eigenvalue weighted by Crippen LogP contribution is 2.45. The molecular weight excluding hydrogens is 516 g/mol. The first-order chi connectivity index (χ1) is 18.8. The van der Waals surface area contributed by atoms with E-state index in [1.54, 1.807) is 36.4 Å². The van der Waals surface area contributed by atoms with Crippen molar-refractivity contribution >= 4 is 17.0 Å². The quantitative estimate of drug-likeness (QED) is 0.213. The van der Waals surface area contributed by atoms with Crippen molar-refractivity contribution in [2.24, 2.45) is 0 Å². The number of methoxy groups -OCH3 is 3. The van der Waals surface area contributed by atoms with Crippen molar-refractivity contribution in [1.82, 2.24) is 0 Å². The Hall–Kier alpha value is -3.36.